The first kappa shape index (κ1) is 14.9. The Morgan fingerprint density at radius 2 is 2.06 bits per heavy atom. The molecule has 100 valence electrons. The average Bonchev–Trinajstić information content (AvgIpc) is 2.22. The van der Waals surface area contributed by atoms with Gasteiger partial charge < -0.3 is 11.1 Å². The number of halogens is 1. The van der Waals surface area contributed by atoms with Gasteiger partial charge in [-0.3, -0.25) is 4.79 Å². The maximum absolute atomic E-state index is 11.7. The van der Waals surface area contributed by atoms with E-state index in [0.29, 0.717) is 11.3 Å². The van der Waals surface area contributed by atoms with Gasteiger partial charge in [-0.2, -0.15) is 0 Å². The van der Waals surface area contributed by atoms with E-state index < -0.39 is 10.0 Å². The molecule has 0 aliphatic heterocycles. The van der Waals surface area contributed by atoms with Crippen molar-refractivity contribution >= 4 is 37.5 Å². The highest BCUT2D eigenvalue weighted by molar-refractivity contribution is 9.10. The first-order valence-electron chi connectivity index (χ1n) is 5.07. The minimum absolute atomic E-state index is 0.140. The van der Waals surface area contributed by atoms with Gasteiger partial charge in [0, 0.05) is 23.2 Å². The highest BCUT2D eigenvalue weighted by atomic mass is 79.9. The molecule has 18 heavy (non-hydrogen) atoms. The quantitative estimate of drug-likeness (QED) is 0.532. The summed E-state index contributed by atoms with van der Waals surface area (Å²) in [5.74, 6) is -0.338. The third-order valence-electron chi connectivity index (χ3n) is 2.03. The van der Waals surface area contributed by atoms with Crippen LogP contribution in [0, 0.1) is 0 Å². The summed E-state index contributed by atoms with van der Waals surface area (Å²) in [7, 11) is -3.23. The molecule has 0 saturated carbocycles. The summed E-state index contributed by atoms with van der Waals surface area (Å²) in [6.45, 7) is 0.336. The molecule has 0 bridgehead atoms. The first-order chi connectivity index (χ1) is 8.29. The number of nitrogens with one attached hydrogen (secondary N) is 2. The zero-order valence-electron chi connectivity index (χ0n) is 9.73. The Balaban J connectivity index is 2.51. The van der Waals surface area contributed by atoms with Gasteiger partial charge in [0.2, 0.25) is 10.0 Å². The fourth-order valence-corrected chi connectivity index (χ4v) is 2.10. The van der Waals surface area contributed by atoms with E-state index in [4.69, 9.17) is 5.73 Å². The molecule has 0 spiro atoms. The van der Waals surface area contributed by atoms with Crippen LogP contribution in [0.5, 0.6) is 0 Å². The van der Waals surface area contributed by atoms with Crippen LogP contribution in [0.2, 0.25) is 0 Å². The maximum Gasteiger partial charge on any atom is 0.253 e. The summed E-state index contributed by atoms with van der Waals surface area (Å²) in [6.07, 6.45) is 1.06. The molecule has 0 aromatic heterocycles. The molecule has 0 aliphatic carbocycles. The molecule has 0 saturated heterocycles. The van der Waals surface area contributed by atoms with Gasteiger partial charge in [0.25, 0.3) is 5.91 Å². The summed E-state index contributed by atoms with van der Waals surface area (Å²) in [4.78, 5) is 11.7. The molecule has 6 nitrogen and oxygen atoms in total. The van der Waals surface area contributed by atoms with Gasteiger partial charge in [0.05, 0.1) is 11.8 Å². The Hall–Kier alpha value is -1.12. The van der Waals surface area contributed by atoms with Crippen molar-refractivity contribution in [3.8, 4) is 0 Å². The van der Waals surface area contributed by atoms with E-state index in [2.05, 4.69) is 26.0 Å². The van der Waals surface area contributed by atoms with E-state index in [-0.39, 0.29) is 19.0 Å². The third-order valence-corrected chi connectivity index (χ3v) is 3.25. The monoisotopic (exact) mass is 335 g/mol. The van der Waals surface area contributed by atoms with Gasteiger partial charge in [0.15, 0.2) is 0 Å². The standard InChI is InChI=1S/C10H14BrN3O3S/c1-18(16,17)14-5-4-13-10(15)8-3-2-7(11)6-9(8)12/h2-3,6,14H,4-5,12H2,1H3,(H,13,15). The van der Waals surface area contributed by atoms with Crippen molar-refractivity contribution < 1.29 is 13.2 Å². The summed E-state index contributed by atoms with van der Waals surface area (Å²) >= 11 is 3.24. The number of rotatable bonds is 5. The zero-order chi connectivity index (χ0) is 13.8. The van der Waals surface area contributed by atoms with Crippen molar-refractivity contribution in [3.63, 3.8) is 0 Å². The van der Waals surface area contributed by atoms with E-state index in [9.17, 15) is 13.2 Å². The van der Waals surface area contributed by atoms with Crippen LogP contribution >= 0.6 is 15.9 Å². The fourth-order valence-electron chi connectivity index (χ4n) is 1.25. The Labute approximate surface area is 114 Å². The van der Waals surface area contributed by atoms with E-state index in [1.807, 2.05) is 0 Å². The number of anilines is 1. The Morgan fingerprint density at radius 3 is 2.61 bits per heavy atom. The molecule has 1 amide bonds. The van der Waals surface area contributed by atoms with Crippen molar-refractivity contribution in [1.29, 1.82) is 0 Å². The number of amides is 1. The van der Waals surface area contributed by atoms with Gasteiger partial charge in [0.1, 0.15) is 0 Å². The number of hydrogen-bond acceptors (Lipinski definition) is 4. The first-order valence-corrected chi connectivity index (χ1v) is 7.76. The fraction of sp³-hybridized carbons (Fsp3) is 0.300. The molecule has 8 heteroatoms. The van der Waals surface area contributed by atoms with E-state index in [0.717, 1.165) is 10.7 Å². The number of hydrogen-bond donors (Lipinski definition) is 3. The molecule has 0 radical (unpaired) electrons. The maximum atomic E-state index is 11.7. The van der Waals surface area contributed by atoms with E-state index in [1.54, 1.807) is 18.2 Å². The molecular formula is C10H14BrN3O3S. The molecule has 0 fully saturated rings. The van der Waals surface area contributed by atoms with Crippen LogP contribution in [-0.2, 0) is 10.0 Å². The number of nitrogens with two attached hydrogens (primary N) is 1. The van der Waals surface area contributed by atoms with Gasteiger partial charge in [-0.15, -0.1) is 0 Å². The summed E-state index contributed by atoms with van der Waals surface area (Å²) in [6, 6.07) is 4.93. The van der Waals surface area contributed by atoms with Gasteiger partial charge >= 0.3 is 0 Å². The van der Waals surface area contributed by atoms with Crippen LogP contribution in [0.15, 0.2) is 22.7 Å². The highest BCUT2D eigenvalue weighted by Crippen LogP contribution is 2.18. The Morgan fingerprint density at radius 1 is 1.39 bits per heavy atom. The van der Waals surface area contributed by atoms with Crippen molar-refractivity contribution in [2.45, 2.75) is 0 Å². The smallest absolute Gasteiger partial charge is 0.253 e. The molecular weight excluding hydrogens is 322 g/mol. The largest absolute Gasteiger partial charge is 0.398 e. The number of benzene rings is 1. The molecule has 0 unspecified atom stereocenters. The summed E-state index contributed by atoms with van der Waals surface area (Å²) in [5.41, 5.74) is 6.41. The number of sulfonamides is 1. The predicted molar refractivity (Wildman–Crippen MR) is 73.7 cm³/mol. The third kappa shape index (κ3) is 5.03. The highest BCUT2D eigenvalue weighted by Gasteiger charge is 2.09. The number of nitrogen functional groups attached to an aromatic ring is 1. The molecule has 4 N–H and O–H groups in total. The molecule has 0 heterocycles. The van der Waals surface area contributed by atoms with Crippen molar-refractivity contribution in [2.75, 3.05) is 25.1 Å². The number of carbonyl (C=O) groups is 1. The predicted octanol–water partition coefficient (Wildman–Crippen LogP) is 0.310. The van der Waals surface area contributed by atoms with Crippen LogP contribution in [-0.4, -0.2) is 33.7 Å². The van der Waals surface area contributed by atoms with Gasteiger partial charge in [-0.1, -0.05) is 15.9 Å². The Kier molecular flexibility index (Phi) is 5.12. The van der Waals surface area contributed by atoms with E-state index in [1.165, 1.54) is 0 Å². The lowest BCUT2D eigenvalue weighted by atomic mass is 10.1. The van der Waals surface area contributed by atoms with Crippen molar-refractivity contribution in [1.82, 2.24) is 10.0 Å². The van der Waals surface area contributed by atoms with Crippen LogP contribution in [0.1, 0.15) is 10.4 Å². The average molecular weight is 336 g/mol. The molecule has 0 atom stereocenters. The van der Waals surface area contributed by atoms with Crippen molar-refractivity contribution in [3.05, 3.63) is 28.2 Å². The summed E-state index contributed by atoms with van der Waals surface area (Å²) in [5, 5.41) is 2.57. The lowest BCUT2D eigenvalue weighted by Gasteiger charge is -2.08. The van der Waals surface area contributed by atoms with E-state index >= 15 is 0 Å². The molecule has 1 aromatic carbocycles. The van der Waals surface area contributed by atoms with Crippen molar-refractivity contribution in [2.24, 2.45) is 0 Å². The van der Waals surface area contributed by atoms with Crippen LogP contribution in [0.25, 0.3) is 0 Å². The Bertz CT molecular complexity index is 545. The second-order valence-electron chi connectivity index (χ2n) is 3.65. The summed E-state index contributed by atoms with van der Waals surface area (Å²) < 4.78 is 24.6. The molecule has 1 rings (SSSR count). The van der Waals surface area contributed by atoms with Gasteiger partial charge in [-0.05, 0) is 18.2 Å². The SMILES string of the molecule is CS(=O)(=O)NCCNC(=O)c1ccc(Br)cc1N. The molecule has 0 aliphatic rings. The lowest BCUT2D eigenvalue weighted by molar-refractivity contribution is 0.0955. The normalized spacial score (nSPS) is 11.2. The minimum atomic E-state index is -3.23. The minimum Gasteiger partial charge on any atom is -0.398 e. The van der Waals surface area contributed by atoms with Crippen LogP contribution < -0.4 is 15.8 Å². The van der Waals surface area contributed by atoms with Crippen LogP contribution in [0.3, 0.4) is 0 Å². The molecule has 1 aromatic rings. The van der Waals surface area contributed by atoms with Gasteiger partial charge in [-0.25, -0.2) is 13.1 Å². The lowest BCUT2D eigenvalue weighted by Crippen LogP contribution is -2.34. The van der Waals surface area contributed by atoms with Crippen LogP contribution in [0.4, 0.5) is 5.69 Å². The second kappa shape index (κ2) is 6.17. The zero-order valence-corrected chi connectivity index (χ0v) is 12.1. The number of carbonyl (C=O) groups excluding carboxylic acids is 1. The topological polar surface area (TPSA) is 101 Å². The second-order valence-corrected chi connectivity index (χ2v) is 6.40.